The van der Waals surface area contributed by atoms with E-state index in [0.29, 0.717) is 18.1 Å². The number of hydrogen-bond acceptors (Lipinski definition) is 3. The molecule has 0 unspecified atom stereocenters. The van der Waals surface area contributed by atoms with Gasteiger partial charge in [-0.05, 0) is 29.3 Å². The minimum atomic E-state index is 0.124. The molecule has 5 rings (SSSR count). The van der Waals surface area contributed by atoms with Crippen molar-refractivity contribution >= 4 is 34.2 Å². The zero-order chi connectivity index (χ0) is 22.1. The Labute approximate surface area is 193 Å². The third-order valence-electron chi connectivity index (χ3n) is 6.08. The Morgan fingerprint density at radius 1 is 0.812 bits per heavy atom. The van der Waals surface area contributed by atoms with Crippen molar-refractivity contribution in [3.05, 3.63) is 83.9 Å². The summed E-state index contributed by atoms with van der Waals surface area (Å²) >= 11 is 6.43. The molecule has 3 aromatic carbocycles. The Morgan fingerprint density at radius 2 is 1.41 bits per heavy atom. The van der Waals surface area contributed by atoms with Crippen LogP contribution in [0.2, 0.25) is 5.02 Å². The van der Waals surface area contributed by atoms with Crippen molar-refractivity contribution < 1.29 is 4.79 Å². The molecule has 1 aliphatic rings. The maximum absolute atomic E-state index is 11.9. The van der Waals surface area contributed by atoms with Gasteiger partial charge >= 0.3 is 0 Å². The molecule has 0 N–H and O–H groups in total. The summed E-state index contributed by atoms with van der Waals surface area (Å²) in [6, 6.07) is 26.7. The van der Waals surface area contributed by atoms with E-state index in [1.165, 1.54) is 0 Å². The molecule has 0 aliphatic carbocycles. The topological polar surface area (TPSA) is 36.4 Å². The van der Waals surface area contributed by atoms with Crippen LogP contribution >= 0.6 is 11.6 Å². The van der Waals surface area contributed by atoms with Crippen LogP contribution in [0.15, 0.2) is 78.9 Å². The first kappa shape index (κ1) is 20.5. The highest BCUT2D eigenvalue weighted by Gasteiger charge is 2.25. The van der Waals surface area contributed by atoms with Crippen molar-refractivity contribution in [1.29, 1.82) is 0 Å². The van der Waals surface area contributed by atoms with Crippen molar-refractivity contribution in [3.63, 3.8) is 0 Å². The number of benzene rings is 3. The zero-order valence-corrected chi connectivity index (χ0v) is 18.7. The van der Waals surface area contributed by atoms with E-state index < -0.39 is 0 Å². The summed E-state index contributed by atoms with van der Waals surface area (Å²) in [5, 5.41) is 1.73. The molecule has 1 fully saturated rings. The van der Waals surface area contributed by atoms with Crippen LogP contribution in [0, 0.1) is 0 Å². The quantitative estimate of drug-likeness (QED) is 0.397. The molecule has 4 aromatic rings. The van der Waals surface area contributed by atoms with Gasteiger partial charge < -0.3 is 9.80 Å². The minimum absolute atomic E-state index is 0.124. The molecule has 5 heteroatoms. The monoisotopic (exact) mass is 441 g/mol. The largest absolute Gasteiger partial charge is 0.353 e. The number of carbonyl (C=O) groups excluding carboxylic acids is 1. The molecule has 0 radical (unpaired) electrons. The summed E-state index contributed by atoms with van der Waals surface area (Å²) in [4.78, 5) is 21.2. The third-order valence-corrected chi connectivity index (χ3v) is 6.31. The third kappa shape index (κ3) is 3.82. The summed E-state index contributed by atoms with van der Waals surface area (Å²) in [6.45, 7) is 4.53. The lowest BCUT2D eigenvalue weighted by atomic mass is 9.91. The van der Waals surface area contributed by atoms with Crippen LogP contribution in [-0.2, 0) is 4.79 Å². The van der Waals surface area contributed by atoms with E-state index in [4.69, 9.17) is 16.6 Å². The van der Waals surface area contributed by atoms with Gasteiger partial charge in [0.2, 0.25) is 5.91 Å². The number of halogens is 1. The lowest BCUT2D eigenvalue weighted by Gasteiger charge is -2.36. The lowest BCUT2D eigenvalue weighted by Crippen LogP contribution is -2.48. The van der Waals surface area contributed by atoms with Gasteiger partial charge in [-0.15, -0.1) is 0 Å². The summed E-state index contributed by atoms with van der Waals surface area (Å²) in [5.41, 5.74) is 5.39. The minimum Gasteiger partial charge on any atom is -0.353 e. The van der Waals surface area contributed by atoms with E-state index in [0.717, 1.165) is 52.1 Å². The smallest absolute Gasteiger partial charge is 0.219 e. The van der Waals surface area contributed by atoms with Crippen LogP contribution in [0.3, 0.4) is 0 Å². The van der Waals surface area contributed by atoms with Crippen molar-refractivity contribution in [3.8, 4) is 22.3 Å². The molecule has 1 saturated heterocycles. The van der Waals surface area contributed by atoms with Gasteiger partial charge in [-0.25, -0.2) is 4.98 Å². The molecule has 4 nitrogen and oxygen atoms in total. The van der Waals surface area contributed by atoms with Crippen molar-refractivity contribution in [2.45, 2.75) is 6.92 Å². The van der Waals surface area contributed by atoms with E-state index in [-0.39, 0.29) is 5.91 Å². The lowest BCUT2D eigenvalue weighted by molar-refractivity contribution is -0.129. The van der Waals surface area contributed by atoms with Crippen LogP contribution in [0.1, 0.15) is 6.92 Å². The Kier molecular flexibility index (Phi) is 5.54. The summed E-state index contributed by atoms with van der Waals surface area (Å²) in [5.74, 6) is 1.08. The van der Waals surface area contributed by atoms with Crippen LogP contribution in [0.5, 0.6) is 0 Å². The van der Waals surface area contributed by atoms with Crippen LogP contribution in [0.4, 0.5) is 5.82 Å². The highest BCUT2D eigenvalue weighted by Crippen LogP contribution is 2.43. The molecule has 1 aromatic heterocycles. The predicted molar refractivity (Wildman–Crippen MR) is 132 cm³/mol. The average Bonchev–Trinajstić information content (AvgIpc) is 2.84. The number of carbonyl (C=O) groups is 1. The van der Waals surface area contributed by atoms with Crippen LogP contribution in [0.25, 0.3) is 33.2 Å². The first-order valence-corrected chi connectivity index (χ1v) is 11.2. The maximum Gasteiger partial charge on any atom is 0.219 e. The molecule has 32 heavy (non-hydrogen) atoms. The number of pyridine rings is 1. The second-order valence-electron chi connectivity index (χ2n) is 8.07. The number of rotatable bonds is 3. The molecule has 0 atom stereocenters. The normalized spacial score (nSPS) is 14.1. The standard InChI is InChI=1S/C27H24ClN3O/c1-19(32)30-14-16-31(17-15-30)27-26(21-10-6-3-7-11-21)25(20-8-4-2-5-9-20)23-18-22(28)12-13-24(23)29-27/h2-13,18H,14-17H2,1H3. The second kappa shape index (κ2) is 8.64. The Bertz CT molecular complexity index is 1270. The maximum atomic E-state index is 11.9. The number of anilines is 1. The number of nitrogens with zero attached hydrogens (tertiary/aromatic N) is 3. The van der Waals surface area contributed by atoms with Crippen LogP contribution in [-0.4, -0.2) is 42.0 Å². The molecule has 2 heterocycles. The second-order valence-corrected chi connectivity index (χ2v) is 8.51. The SMILES string of the molecule is CC(=O)N1CCN(c2nc3ccc(Cl)cc3c(-c3ccccc3)c2-c2ccccc2)CC1. The first-order chi connectivity index (χ1) is 15.6. The number of amides is 1. The molecule has 0 saturated carbocycles. The fourth-order valence-corrected chi connectivity index (χ4v) is 4.64. The van der Waals surface area contributed by atoms with Gasteiger partial charge in [0.05, 0.1) is 5.52 Å². The fourth-order valence-electron chi connectivity index (χ4n) is 4.47. The molecular weight excluding hydrogens is 418 g/mol. The van der Waals surface area contributed by atoms with Crippen molar-refractivity contribution in [2.75, 3.05) is 31.1 Å². The van der Waals surface area contributed by atoms with E-state index in [1.807, 2.05) is 35.2 Å². The number of piperazine rings is 1. The van der Waals surface area contributed by atoms with Gasteiger partial charge in [0, 0.05) is 54.6 Å². The molecule has 160 valence electrons. The molecular formula is C27H24ClN3O. The molecule has 0 bridgehead atoms. The van der Waals surface area contributed by atoms with E-state index in [1.54, 1.807) is 6.92 Å². The van der Waals surface area contributed by atoms with E-state index in [9.17, 15) is 4.79 Å². The Balaban J connectivity index is 1.79. The Hall–Kier alpha value is -3.37. The number of hydrogen-bond donors (Lipinski definition) is 0. The number of aromatic nitrogens is 1. The molecule has 0 spiro atoms. The van der Waals surface area contributed by atoms with Gasteiger partial charge in [-0.2, -0.15) is 0 Å². The molecule has 1 aliphatic heterocycles. The van der Waals surface area contributed by atoms with Gasteiger partial charge in [0.1, 0.15) is 5.82 Å². The van der Waals surface area contributed by atoms with Crippen molar-refractivity contribution in [1.82, 2.24) is 9.88 Å². The van der Waals surface area contributed by atoms with Gasteiger partial charge in [0.15, 0.2) is 0 Å². The Morgan fingerprint density at radius 3 is 2.00 bits per heavy atom. The highest BCUT2D eigenvalue weighted by molar-refractivity contribution is 6.31. The zero-order valence-electron chi connectivity index (χ0n) is 18.0. The number of fused-ring (bicyclic) bond motifs is 1. The van der Waals surface area contributed by atoms with Gasteiger partial charge in [0.25, 0.3) is 0 Å². The van der Waals surface area contributed by atoms with E-state index in [2.05, 4.69) is 53.4 Å². The highest BCUT2D eigenvalue weighted by atomic mass is 35.5. The van der Waals surface area contributed by atoms with E-state index >= 15 is 0 Å². The summed E-state index contributed by atoms with van der Waals surface area (Å²) in [7, 11) is 0. The summed E-state index contributed by atoms with van der Waals surface area (Å²) in [6.07, 6.45) is 0. The fraction of sp³-hybridized carbons (Fsp3) is 0.185. The summed E-state index contributed by atoms with van der Waals surface area (Å²) < 4.78 is 0. The van der Waals surface area contributed by atoms with Gasteiger partial charge in [-0.1, -0.05) is 72.3 Å². The predicted octanol–water partition coefficient (Wildman–Crippen LogP) is 5.89. The first-order valence-electron chi connectivity index (χ1n) is 10.9. The van der Waals surface area contributed by atoms with Gasteiger partial charge in [-0.3, -0.25) is 4.79 Å². The average molecular weight is 442 g/mol. The van der Waals surface area contributed by atoms with Crippen molar-refractivity contribution in [2.24, 2.45) is 0 Å². The van der Waals surface area contributed by atoms with Crippen LogP contribution < -0.4 is 4.90 Å². The molecule has 1 amide bonds.